The summed E-state index contributed by atoms with van der Waals surface area (Å²) < 4.78 is 1.21. The van der Waals surface area contributed by atoms with Crippen LogP contribution in [-0.4, -0.2) is 34.9 Å². The second-order valence-corrected chi connectivity index (χ2v) is 8.78. The molecule has 0 spiro atoms. The van der Waals surface area contributed by atoms with Gasteiger partial charge in [0.05, 0.1) is 21.1 Å². The predicted octanol–water partition coefficient (Wildman–Crippen LogP) is 4.78. The Hall–Kier alpha value is -1.14. The van der Waals surface area contributed by atoms with Gasteiger partial charge in [-0.3, -0.25) is 4.79 Å². The highest BCUT2D eigenvalue weighted by molar-refractivity contribution is 7.18. The van der Waals surface area contributed by atoms with Gasteiger partial charge in [0.1, 0.15) is 0 Å². The number of fused-ring (bicyclic) bond motifs is 1. The Balaban J connectivity index is 0.00000140. The number of carbonyl (C=O) groups is 1. The zero-order valence-corrected chi connectivity index (χ0v) is 18.6. The third kappa shape index (κ3) is 4.70. The fourth-order valence-corrected chi connectivity index (χ4v) is 5.43. The molecule has 28 heavy (non-hydrogen) atoms. The number of para-hydroxylation sites is 1. The number of hydrogen-bond acceptors (Lipinski definition) is 4. The number of allylic oxidation sites excluding steroid dienone is 2. The van der Waals surface area contributed by atoms with E-state index in [1.165, 1.54) is 4.70 Å². The summed E-state index contributed by atoms with van der Waals surface area (Å²) in [5.41, 5.74) is 7.16. The number of benzene rings is 1. The van der Waals surface area contributed by atoms with E-state index in [-0.39, 0.29) is 42.7 Å². The molecule has 1 saturated heterocycles. The molecule has 7 heteroatoms. The van der Waals surface area contributed by atoms with Crippen LogP contribution >= 0.6 is 36.2 Å². The Kier molecular flexibility index (Phi) is 8.31. The van der Waals surface area contributed by atoms with Crippen molar-refractivity contribution in [2.75, 3.05) is 13.1 Å². The Morgan fingerprint density at radius 2 is 2.00 bits per heavy atom. The van der Waals surface area contributed by atoms with Crippen molar-refractivity contribution < 1.29 is 4.79 Å². The van der Waals surface area contributed by atoms with Crippen molar-refractivity contribution in [2.24, 2.45) is 17.6 Å². The minimum Gasteiger partial charge on any atom is -0.342 e. The zero-order valence-electron chi connectivity index (χ0n) is 16.1. The highest BCUT2D eigenvalue weighted by atomic mass is 35.5. The summed E-state index contributed by atoms with van der Waals surface area (Å²) in [5.74, 6) is 0.921. The third-order valence-corrected chi connectivity index (χ3v) is 7.06. The number of carbonyl (C=O) groups excluding carboxylic acids is 1. The number of amides is 1. The number of halogens is 2. The van der Waals surface area contributed by atoms with Gasteiger partial charge in [0.2, 0.25) is 5.91 Å². The predicted molar refractivity (Wildman–Crippen MR) is 122 cm³/mol. The van der Waals surface area contributed by atoms with Crippen LogP contribution in [0.25, 0.3) is 10.2 Å². The summed E-state index contributed by atoms with van der Waals surface area (Å²) in [6.45, 7) is 3.74. The van der Waals surface area contributed by atoms with Crippen molar-refractivity contribution in [3.05, 3.63) is 41.4 Å². The molecule has 1 aromatic carbocycles. The maximum Gasteiger partial charge on any atom is 0.226 e. The molecule has 4 atom stereocenters. The van der Waals surface area contributed by atoms with Gasteiger partial charge in [0, 0.05) is 25.0 Å². The molecule has 0 saturated carbocycles. The fourth-order valence-electron chi connectivity index (χ4n) is 4.28. The van der Waals surface area contributed by atoms with Gasteiger partial charge in [0.25, 0.3) is 0 Å². The van der Waals surface area contributed by atoms with Crippen LogP contribution in [0, 0.1) is 11.8 Å². The first-order chi connectivity index (χ1) is 12.6. The lowest BCUT2D eigenvalue weighted by atomic mass is 9.81. The van der Waals surface area contributed by atoms with Gasteiger partial charge in [-0.25, -0.2) is 4.98 Å². The first-order valence-corrected chi connectivity index (χ1v) is 10.5. The molecule has 4 unspecified atom stereocenters. The molecule has 154 valence electrons. The fraction of sp³-hybridized carbons (Fsp3) is 0.524. The average Bonchev–Trinajstić information content (AvgIpc) is 3.11. The number of hydrogen-bond donors (Lipinski definition) is 1. The summed E-state index contributed by atoms with van der Waals surface area (Å²) in [6.07, 6.45) is 8.29. The van der Waals surface area contributed by atoms with Crippen molar-refractivity contribution in [3.8, 4) is 0 Å². The maximum absolute atomic E-state index is 13.3. The minimum absolute atomic E-state index is 0. The van der Waals surface area contributed by atoms with Crippen LogP contribution in [-0.2, 0) is 4.79 Å². The normalized spacial score (nSPS) is 25.6. The topological polar surface area (TPSA) is 59.2 Å². The van der Waals surface area contributed by atoms with Crippen molar-refractivity contribution in [2.45, 2.75) is 44.6 Å². The second kappa shape index (κ2) is 10.1. The van der Waals surface area contributed by atoms with Crippen molar-refractivity contribution in [3.63, 3.8) is 0 Å². The molecule has 4 rings (SSSR count). The van der Waals surface area contributed by atoms with E-state index in [1.54, 1.807) is 11.3 Å². The van der Waals surface area contributed by atoms with E-state index < -0.39 is 0 Å². The molecule has 1 fully saturated rings. The molecule has 2 N–H and O–H groups in total. The van der Waals surface area contributed by atoms with Crippen LogP contribution in [0.1, 0.15) is 43.5 Å². The lowest BCUT2D eigenvalue weighted by molar-refractivity contribution is -0.138. The van der Waals surface area contributed by atoms with Crippen LogP contribution in [0.3, 0.4) is 0 Å². The Bertz CT molecular complexity index is 790. The lowest BCUT2D eigenvalue weighted by Gasteiger charge is -2.38. The maximum atomic E-state index is 13.3. The molecule has 2 aromatic rings. The van der Waals surface area contributed by atoms with Crippen LogP contribution in [0.4, 0.5) is 0 Å². The van der Waals surface area contributed by atoms with E-state index in [2.05, 4.69) is 42.2 Å². The van der Waals surface area contributed by atoms with Gasteiger partial charge >= 0.3 is 0 Å². The van der Waals surface area contributed by atoms with Crippen LogP contribution in [0.2, 0.25) is 0 Å². The molecular weight excluding hydrogens is 413 g/mol. The molecule has 1 amide bonds. The van der Waals surface area contributed by atoms with Gasteiger partial charge in [-0.05, 0) is 50.7 Å². The number of thiazole rings is 1. The number of aromatic nitrogens is 1. The first-order valence-electron chi connectivity index (χ1n) is 9.68. The SMILES string of the molecule is CC(N)C1CCCN(C(=O)C2CC=CCC2c2nc3ccccc3s2)C1.Cl.Cl. The number of nitrogens with two attached hydrogens (primary N) is 1. The van der Waals surface area contributed by atoms with E-state index in [1.807, 2.05) is 6.07 Å². The van der Waals surface area contributed by atoms with Crippen LogP contribution in [0.15, 0.2) is 36.4 Å². The van der Waals surface area contributed by atoms with Crippen LogP contribution in [0.5, 0.6) is 0 Å². The molecule has 0 radical (unpaired) electrons. The van der Waals surface area contributed by atoms with Crippen molar-refractivity contribution in [1.82, 2.24) is 9.88 Å². The molecule has 1 aliphatic heterocycles. The van der Waals surface area contributed by atoms with Gasteiger partial charge in [0.15, 0.2) is 0 Å². The minimum atomic E-state index is 0. The average molecular weight is 442 g/mol. The Morgan fingerprint density at radius 3 is 2.75 bits per heavy atom. The lowest BCUT2D eigenvalue weighted by Crippen LogP contribution is -2.48. The highest BCUT2D eigenvalue weighted by Crippen LogP contribution is 2.39. The number of piperidine rings is 1. The Morgan fingerprint density at radius 1 is 1.25 bits per heavy atom. The van der Waals surface area contributed by atoms with Gasteiger partial charge in [-0.15, -0.1) is 36.2 Å². The molecule has 0 bridgehead atoms. The third-order valence-electron chi connectivity index (χ3n) is 5.89. The standard InChI is InChI=1S/C21H27N3OS.2ClH/c1-14(22)15-7-6-12-24(13-15)21(25)17-9-3-2-8-16(17)20-23-18-10-4-5-11-19(18)26-20;;/h2-5,10-11,14-17H,6-9,12-13,22H2,1H3;2*1H. The van der Waals surface area contributed by atoms with E-state index in [4.69, 9.17) is 10.7 Å². The summed E-state index contributed by atoms with van der Waals surface area (Å²) in [6, 6.07) is 8.40. The molecule has 2 heterocycles. The zero-order chi connectivity index (χ0) is 18.1. The summed E-state index contributed by atoms with van der Waals surface area (Å²) in [5, 5.41) is 1.11. The highest BCUT2D eigenvalue weighted by Gasteiger charge is 2.36. The van der Waals surface area contributed by atoms with Gasteiger partial charge in [-0.2, -0.15) is 0 Å². The largest absolute Gasteiger partial charge is 0.342 e. The van der Waals surface area contributed by atoms with E-state index in [0.29, 0.717) is 11.8 Å². The number of rotatable bonds is 3. The molecule has 1 aliphatic carbocycles. The monoisotopic (exact) mass is 441 g/mol. The molecule has 1 aromatic heterocycles. The van der Waals surface area contributed by atoms with Gasteiger partial charge in [-0.1, -0.05) is 24.3 Å². The van der Waals surface area contributed by atoms with Crippen molar-refractivity contribution in [1.29, 1.82) is 0 Å². The first kappa shape index (κ1) is 23.1. The quantitative estimate of drug-likeness (QED) is 0.697. The van der Waals surface area contributed by atoms with E-state index >= 15 is 0 Å². The second-order valence-electron chi connectivity index (χ2n) is 7.72. The number of likely N-dealkylation sites (tertiary alicyclic amines) is 1. The molecule has 2 aliphatic rings. The van der Waals surface area contributed by atoms with Crippen LogP contribution < -0.4 is 5.73 Å². The Labute approximate surface area is 183 Å². The molecule has 4 nitrogen and oxygen atoms in total. The van der Waals surface area contributed by atoms with Crippen molar-refractivity contribution >= 4 is 52.3 Å². The van der Waals surface area contributed by atoms with E-state index in [0.717, 1.165) is 49.3 Å². The number of nitrogens with zero attached hydrogens (tertiary/aromatic N) is 2. The summed E-state index contributed by atoms with van der Waals surface area (Å²) in [4.78, 5) is 20.3. The smallest absolute Gasteiger partial charge is 0.226 e. The summed E-state index contributed by atoms with van der Waals surface area (Å²) in [7, 11) is 0. The molecular formula is C21H29Cl2N3OS. The summed E-state index contributed by atoms with van der Waals surface area (Å²) >= 11 is 1.74. The van der Waals surface area contributed by atoms with E-state index in [9.17, 15) is 4.79 Å². The van der Waals surface area contributed by atoms with Gasteiger partial charge < -0.3 is 10.6 Å².